The number of nitrogens with one attached hydrogen (secondary N) is 1. The third-order valence-electron chi connectivity index (χ3n) is 6.38. The van der Waals surface area contributed by atoms with E-state index in [9.17, 15) is 4.79 Å². The van der Waals surface area contributed by atoms with E-state index >= 15 is 0 Å². The van der Waals surface area contributed by atoms with E-state index < -0.39 is 6.10 Å². The van der Waals surface area contributed by atoms with Gasteiger partial charge in [-0.25, -0.2) is 0 Å². The first-order valence-electron chi connectivity index (χ1n) is 11.9. The Morgan fingerprint density at radius 3 is 2.45 bits per heavy atom. The van der Waals surface area contributed by atoms with E-state index in [1.807, 2.05) is 42.5 Å². The molecule has 1 aliphatic rings. The predicted molar refractivity (Wildman–Crippen MR) is 127 cm³/mol. The summed E-state index contributed by atoms with van der Waals surface area (Å²) in [4.78, 5) is 12.6. The van der Waals surface area contributed by atoms with Crippen LogP contribution in [0.3, 0.4) is 0 Å². The number of hydrogen-bond acceptors (Lipinski definition) is 3. The van der Waals surface area contributed by atoms with Crippen LogP contribution in [0.5, 0.6) is 11.5 Å². The normalized spacial score (nSPS) is 16.4. The predicted octanol–water partition coefficient (Wildman–Crippen LogP) is 6.96. The van der Waals surface area contributed by atoms with Gasteiger partial charge in [0.1, 0.15) is 11.5 Å². The molecule has 0 radical (unpaired) electrons. The maximum absolute atomic E-state index is 12.6. The summed E-state index contributed by atoms with van der Waals surface area (Å²) in [5.41, 5.74) is 1.88. The number of carbonyl (C=O) groups is 1. The second-order valence-corrected chi connectivity index (χ2v) is 8.76. The Labute approximate surface area is 187 Å². The van der Waals surface area contributed by atoms with Gasteiger partial charge in [-0.1, -0.05) is 64.2 Å². The molecule has 0 aromatic heterocycles. The van der Waals surface area contributed by atoms with Crippen LogP contribution in [0.1, 0.15) is 77.2 Å². The summed E-state index contributed by atoms with van der Waals surface area (Å²) >= 11 is 0. The maximum Gasteiger partial charge on any atom is 0.265 e. The molecule has 1 fully saturated rings. The highest BCUT2D eigenvalue weighted by atomic mass is 16.5. The minimum absolute atomic E-state index is 0.162. The van der Waals surface area contributed by atoms with Crippen LogP contribution in [-0.4, -0.2) is 18.6 Å². The van der Waals surface area contributed by atoms with Crippen LogP contribution in [0.15, 0.2) is 48.5 Å². The van der Waals surface area contributed by atoms with Crippen molar-refractivity contribution in [2.24, 2.45) is 5.92 Å². The molecule has 0 bridgehead atoms. The Bertz CT molecular complexity index is 811. The molecule has 0 spiro atoms. The first-order chi connectivity index (χ1) is 15.1. The van der Waals surface area contributed by atoms with Crippen LogP contribution < -0.4 is 14.8 Å². The summed E-state index contributed by atoms with van der Waals surface area (Å²) < 4.78 is 11.9. The second-order valence-electron chi connectivity index (χ2n) is 8.76. The fourth-order valence-corrected chi connectivity index (χ4v) is 4.16. The highest BCUT2D eigenvalue weighted by Gasteiger charge is 2.18. The molecule has 4 heteroatoms. The standard InChI is InChI=1S/C27H37NO3/c1-4-20(2)25-12-8-9-13-26(25)31-21(3)27(29)28-23-14-16-24(17-15-23)30-19-18-22-10-6-5-7-11-22/h8-9,12-17,20-22H,4-7,10-11,18-19H2,1-3H3,(H,28,29). The Balaban J connectivity index is 1.47. The molecule has 1 N–H and O–H groups in total. The summed E-state index contributed by atoms with van der Waals surface area (Å²) in [7, 11) is 0. The van der Waals surface area contributed by atoms with Gasteiger partial charge in [-0.05, 0) is 67.5 Å². The van der Waals surface area contributed by atoms with E-state index in [4.69, 9.17) is 9.47 Å². The Morgan fingerprint density at radius 1 is 1.03 bits per heavy atom. The van der Waals surface area contributed by atoms with Crippen molar-refractivity contribution in [1.29, 1.82) is 0 Å². The summed E-state index contributed by atoms with van der Waals surface area (Å²) in [6, 6.07) is 15.6. The zero-order chi connectivity index (χ0) is 22.1. The van der Waals surface area contributed by atoms with Crippen molar-refractivity contribution < 1.29 is 14.3 Å². The first-order valence-corrected chi connectivity index (χ1v) is 11.9. The van der Waals surface area contributed by atoms with Crippen LogP contribution in [0.4, 0.5) is 5.69 Å². The molecule has 0 saturated heterocycles. The van der Waals surface area contributed by atoms with Gasteiger partial charge in [0, 0.05) is 5.69 Å². The molecular weight excluding hydrogens is 386 g/mol. The quantitative estimate of drug-likeness (QED) is 0.449. The molecule has 2 atom stereocenters. The topological polar surface area (TPSA) is 47.6 Å². The van der Waals surface area contributed by atoms with E-state index in [1.54, 1.807) is 6.92 Å². The van der Waals surface area contributed by atoms with Gasteiger partial charge < -0.3 is 14.8 Å². The molecular formula is C27H37NO3. The summed E-state index contributed by atoms with van der Waals surface area (Å²) in [6.07, 6.45) is 8.37. The minimum Gasteiger partial charge on any atom is -0.494 e. The molecule has 0 aliphatic heterocycles. The average molecular weight is 424 g/mol. The third-order valence-corrected chi connectivity index (χ3v) is 6.38. The van der Waals surface area contributed by atoms with Gasteiger partial charge in [0.05, 0.1) is 6.61 Å². The highest BCUT2D eigenvalue weighted by Crippen LogP contribution is 2.29. The SMILES string of the molecule is CCC(C)c1ccccc1OC(C)C(=O)Nc1ccc(OCCC2CCCCC2)cc1. The molecule has 0 heterocycles. The van der Waals surface area contributed by atoms with Crippen molar-refractivity contribution >= 4 is 11.6 Å². The van der Waals surface area contributed by atoms with Crippen molar-refractivity contribution in [3.05, 3.63) is 54.1 Å². The van der Waals surface area contributed by atoms with Crippen molar-refractivity contribution in [1.82, 2.24) is 0 Å². The van der Waals surface area contributed by atoms with E-state index in [2.05, 4.69) is 25.2 Å². The molecule has 1 amide bonds. The van der Waals surface area contributed by atoms with Crippen LogP contribution in [0.25, 0.3) is 0 Å². The van der Waals surface area contributed by atoms with E-state index in [0.717, 1.165) is 48.1 Å². The fourth-order valence-electron chi connectivity index (χ4n) is 4.16. The summed E-state index contributed by atoms with van der Waals surface area (Å²) in [5, 5.41) is 2.94. The molecule has 1 aliphatic carbocycles. The van der Waals surface area contributed by atoms with Gasteiger partial charge in [0.25, 0.3) is 5.91 Å². The second kappa shape index (κ2) is 11.8. The van der Waals surface area contributed by atoms with Gasteiger partial charge in [-0.3, -0.25) is 4.79 Å². The monoisotopic (exact) mass is 423 g/mol. The number of hydrogen-bond donors (Lipinski definition) is 1. The molecule has 1 saturated carbocycles. The summed E-state index contributed by atoms with van der Waals surface area (Å²) in [5.74, 6) is 2.67. The van der Waals surface area contributed by atoms with E-state index in [0.29, 0.717) is 5.92 Å². The highest BCUT2D eigenvalue weighted by molar-refractivity contribution is 5.94. The third kappa shape index (κ3) is 7.02. The van der Waals surface area contributed by atoms with Crippen molar-refractivity contribution in [2.75, 3.05) is 11.9 Å². The number of ether oxygens (including phenoxy) is 2. The first kappa shape index (κ1) is 23.2. The maximum atomic E-state index is 12.6. The molecule has 2 unspecified atom stereocenters. The zero-order valence-electron chi connectivity index (χ0n) is 19.2. The zero-order valence-corrected chi connectivity index (χ0v) is 19.2. The van der Waals surface area contributed by atoms with Crippen molar-refractivity contribution in [3.8, 4) is 11.5 Å². The van der Waals surface area contributed by atoms with Crippen molar-refractivity contribution in [3.63, 3.8) is 0 Å². The lowest BCUT2D eigenvalue weighted by Gasteiger charge is -2.21. The van der Waals surface area contributed by atoms with E-state index in [1.165, 1.54) is 32.1 Å². The van der Waals surface area contributed by atoms with Gasteiger partial charge in [0.2, 0.25) is 0 Å². The van der Waals surface area contributed by atoms with Crippen LogP contribution in [-0.2, 0) is 4.79 Å². The molecule has 168 valence electrons. The Morgan fingerprint density at radius 2 is 1.74 bits per heavy atom. The molecule has 31 heavy (non-hydrogen) atoms. The van der Waals surface area contributed by atoms with Crippen molar-refractivity contribution in [2.45, 2.75) is 77.7 Å². The smallest absolute Gasteiger partial charge is 0.265 e. The van der Waals surface area contributed by atoms with E-state index in [-0.39, 0.29) is 5.91 Å². The number of amides is 1. The van der Waals surface area contributed by atoms with Gasteiger partial charge >= 0.3 is 0 Å². The number of carbonyl (C=O) groups excluding carboxylic acids is 1. The number of para-hydroxylation sites is 1. The van der Waals surface area contributed by atoms with Crippen LogP contribution >= 0.6 is 0 Å². The Hall–Kier alpha value is -2.49. The van der Waals surface area contributed by atoms with Gasteiger partial charge in [-0.15, -0.1) is 0 Å². The molecule has 3 rings (SSSR count). The minimum atomic E-state index is -0.586. The van der Waals surface area contributed by atoms with Gasteiger partial charge in [-0.2, -0.15) is 0 Å². The lowest BCUT2D eigenvalue weighted by atomic mass is 9.87. The average Bonchev–Trinajstić information content (AvgIpc) is 2.80. The number of anilines is 1. The fraction of sp³-hybridized carbons (Fsp3) is 0.519. The number of rotatable bonds is 10. The lowest BCUT2D eigenvalue weighted by molar-refractivity contribution is -0.122. The Kier molecular flexibility index (Phi) is 8.81. The number of benzene rings is 2. The van der Waals surface area contributed by atoms with Crippen LogP contribution in [0, 0.1) is 5.92 Å². The van der Waals surface area contributed by atoms with Gasteiger partial charge in [0.15, 0.2) is 6.10 Å². The van der Waals surface area contributed by atoms with Crippen LogP contribution in [0.2, 0.25) is 0 Å². The summed E-state index contributed by atoms with van der Waals surface area (Å²) in [6.45, 7) is 6.87. The molecule has 2 aromatic rings. The largest absolute Gasteiger partial charge is 0.494 e. The molecule has 2 aromatic carbocycles. The lowest BCUT2D eigenvalue weighted by Crippen LogP contribution is -2.30. The molecule has 4 nitrogen and oxygen atoms in total.